The number of aromatic nitrogens is 2. The van der Waals surface area contributed by atoms with Crippen molar-refractivity contribution < 1.29 is 13.7 Å². The molecule has 1 aromatic carbocycles. The quantitative estimate of drug-likeness (QED) is 0.719. The SMILES string of the molecule is CC(C)c1noc2ncc(C(=O)NCC(c3cccc(F)c3)N(C)C)cc12. The first-order chi connectivity index (χ1) is 12.9. The van der Waals surface area contributed by atoms with Gasteiger partial charge in [0.2, 0.25) is 0 Å². The fourth-order valence-electron chi connectivity index (χ4n) is 2.99. The lowest BCUT2D eigenvalue weighted by atomic mass is 10.0. The van der Waals surface area contributed by atoms with Crippen molar-refractivity contribution in [1.29, 1.82) is 0 Å². The Labute approximate surface area is 157 Å². The monoisotopic (exact) mass is 370 g/mol. The van der Waals surface area contributed by atoms with E-state index in [1.807, 2.05) is 38.9 Å². The van der Waals surface area contributed by atoms with Crippen LogP contribution in [0.1, 0.15) is 47.4 Å². The molecule has 1 atom stereocenters. The van der Waals surface area contributed by atoms with Crippen molar-refractivity contribution in [2.75, 3.05) is 20.6 Å². The van der Waals surface area contributed by atoms with E-state index in [2.05, 4.69) is 15.5 Å². The number of nitrogens with zero attached hydrogens (tertiary/aromatic N) is 3. The maximum Gasteiger partial charge on any atom is 0.257 e. The van der Waals surface area contributed by atoms with Gasteiger partial charge in [0, 0.05) is 12.7 Å². The number of amides is 1. The molecule has 0 radical (unpaired) electrons. The van der Waals surface area contributed by atoms with Gasteiger partial charge in [-0.05, 0) is 43.8 Å². The summed E-state index contributed by atoms with van der Waals surface area (Å²) in [6.07, 6.45) is 1.47. The molecule has 0 spiro atoms. The standard InChI is InChI=1S/C20H23FN4O2/c1-12(2)18-16-9-14(10-23-20(16)27-24-18)19(26)22-11-17(25(3)4)13-6-5-7-15(21)8-13/h5-10,12,17H,11H2,1-4H3,(H,22,26). The molecule has 2 aromatic heterocycles. The highest BCUT2D eigenvalue weighted by molar-refractivity contribution is 5.97. The molecule has 0 saturated heterocycles. The van der Waals surface area contributed by atoms with E-state index < -0.39 is 0 Å². The Hall–Kier alpha value is -2.80. The zero-order chi connectivity index (χ0) is 19.6. The number of rotatable bonds is 6. The summed E-state index contributed by atoms with van der Waals surface area (Å²) in [7, 11) is 3.78. The highest BCUT2D eigenvalue weighted by Gasteiger charge is 2.19. The number of likely N-dealkylation sites (N-methyl/N-ethyl adjacent to an activating group) is 1. The molecule has 3 rings (SSSR count). The summed E-state index contributed by atoms with van der Waals surface area (Å²) in [5.41, 5.74) is 2.43. The molecule has 142 valence electrons. The highest BCUT2D eigenvalue weighted by Crippen LogP contribution is 2.24. The number of hydrogen-bond donors (Lipinski definition) is 1. The molecule has 3 aromatic rings. The van der Waals surface area contributed by atoms with Crippen LogP contribution in [-0.4, -0.2) is 41.6 Å². The molecule has 1 amide bonds. The number of fused-ring (bicyclic) bond motifs is 1. The van der Waals surface area contributed by atoms with E-state index in [1.54, 1.807) is 12.1 Å². The topological polar surface area (TPSA) is 71.3 Å². The molecule has 27 heavy (non-hydrogen) atoms. The van der Waals surface area contributed by atoms with E-state index in [4.69, 9.17) is 4.52 Å². The van der Waals surface area contributed by atoms with E-state index in [1.165, 1.54) is 18.3 Å². The minimum Gasteiger partial charge on any atom is -0.350 e. The molecule has 0 aliphatic heterocycles. The first-order valence-electron chi connectivity index (χ1n) is 8.82. The Morgan fingerprint density at radius 2 is 2.07 bits per heavy atom. The molecular formula is C20H23FN4O2. The summed E-state index contributed by atoms with van der Waals surface area (Å²) in [4.78, 5) is 18.7. The van der Waals surface area contributed by atoms with Gasteiger partial charge in [0.25, 0.3) is 11.6 Å². The second-order valence-electron chi connectivity index (χ2n) is 7.04. The van der Waals surface area contributed by atoms with Crippen LogP contribution < -0.4 is 5.32 Å². The van der Waals surface area contributed by atoms with E-state index in [0.29, 0.717) is 17.8 Å². The van der Waals surface area contributed by atoms with Crippen LogP contribution in [0.5, 0.6) is 0 Å². The normalized spacial score (nSPS) is 12.7. The average Bonchev–Trinajstić information content (AvgIpc) is 3.05. The van der Waals surface area contributed by atoms with Gasteiger partial charge < -0.3 is 14.7 Å². The number of pyridine rings is 1. The number of benzene rings is 1. The zero-order valence-corrected chi connectivity index (χ0v) is 15.9. The van der Waals surface area contributed by atoms with Crippen LogP contribution in [0.15, 0.2) is 41.1 Å². The van der Waals surface area contributed by atoms with Gasteiger partial charge in [0.15, 0.2) is 0 Å². The molecule has 0 bridgehead atoms. The molecule has 1 unspecified atom stereocenters. The number of carbonyl (C=O) groups is 1. The summed E-state index contributed by atoms with van der Waals surface area (Å²) in [6, 6.07) is 8.00. The minimum absolute atomic E-state index is 0.150. The minimum atomic E-state index is -0.297. The van der Waals surface area contributed by atoms with Crippen molar-refractivity contribution in [1.82, 2.24) is 20.4 Å². The predicted octanol–water partition coefficient (Wildman–Crippen LogP) is 3.52. The molecule has 0 fully saturated rings. The Morgan fingerprint density at radius 1 is 1.30 bits per heavy atom. The maximum absolute atomic E-state index is 13.5. The Morgan fingerprint density at radius 3 is 2.74 bits per heavy atom. The highest BCUT2D eigenvalue weighted by atomic mass is 19.1. The Bertz CT molecular complexity index is 952. The van der Waals surface area contributed by atoms with E-state index in [-0.39, 0.29) is 23.7 Å². The second kappa shape index (κ2) is 7.84. The van der Waals surface area contributed by atoms with E-state index >= 15 is 0 Å². The number of nitrogens with one attached hydrogen (secondary N) is 1. The summed E-state index contributed by atoms with van der Waals surface area (Å²) < 4.78 is 18.8. The summed E-state index contributed by atoms with van der Waals surface area (Å²) in [6.45, 7) is 4.35. The van der Waals surface area contributed by atoms with Crippen molar-refractivity contribution >= 4 is 17.0 Å². The Balaban J connectivity index is 1.78. The third kappa shape index (κ3) is 4.14. The van der Waals surface area contributed by atoms with Crippen LogP contribution in [0.25, 0.3) is 11.1 Å². The van der Waals surface area contributed by atoms with Gasteiger partial charge in [0.1, 0.15) is 5.82 Å². The van der Waals surface area contributed by atoms with Gasteiger partial charge >= 0.3 is 0 Å². The van der Waals surface area contributed by atoms with Crippen LogP contribution in [0.3, 0.4) is 0 Å². The van der Waals surface area contributed by atoms with E-state index in [9.17, 15) is 9.18 Å². The molecule has 0 aliphatic carbocycles. The smallest absolute Gasteiger partial charge is 0.257 e. The van der Waals surface area contributed by atoms with Crippen molar-refractivity contribution in [3.05, 3.63) is 59.2 Å². The van der Waals surface area contributed by atoms with Crippen LogP contribution in [0, 0.1) is 5.82 Å². The maximum atomic E-state index is 13.5. The third-order valence-corrected chi connectivity index (χ3v) is 4.48. The van der Waals surface area contributed by atoms with Crippen LogP contribution in [-0.2, 0) is 0 Å². The lowest BCUT2D eigenvalue weighted by molar-refractivity contribution is 0.0941. The molecule has 0 saturated carbocycles. The predicted molar refractivity (Wildman–Crippen MR) is 101 cm³/mol. The molecule has 1 N–H and O–H groups in total. The van der Waals surface area contributed by atoms with Crippen LogP contribution in [0.2, 0.25) is 0 Å². The number of halogens is 1. The fraction of sp³-hybridized carbons (Fsp3) is 0.350. The summed E-state index contributed by atoms with van der Waals surface area (Å²) >= 11 is 0. The lowest BCUT2D eigenvalue weighted by Crippen LogP contribution is -2.34. The zero-order valence-electron chi connectivity index (χ0n) is 15.9. The van der Waals surface area contributed by atoms with Gasteiger partial charge in [-0.25, -0.2) is 9.37 Å². The van der Waals surface area contributed by atoms with Gasteiger partial charge in [-0.15, -0.1) is 0 Å². The molecular weight excluding hydrogens is 347 g/mol. The average molecular weight is 370 g/mol. The van der Waals surface area contributed by atoms with Gasteiger partial charge in [0.05, 0.1) is 22.7 Å². The van der Waals surface area contributed by atoms with E-state index in [0.717, 1.165) is 16.6 Å². The van der Waals surface area contributed by atoms with Crippen molar-refractivity contribution in [2.24, 2.45) is 0 Å². The van der Waals surface area contributed by atoms with Crippen molar-refractivity contribution in [2.45, 2.75) is 25.8 Å². The third-order valence-electron chi connectivity index (χ3n) is 4.48. The molecule has 7 heteroatoms. The van der Waals surface area contributed by atoms with Crippen molar-refractivity contribution in [3.63, 3.8) is 0 Å². The number of carbonyl (C=O) groups excluding carboxylic acids is 1. The fourth-order valence-corrected chi connectivity index (χ4v) is 2.99. The molecule has 0 aliphatic rings. The molecule has 6 nitrogen and oxygen atoms in total. The summed E-state index contributed by atoms with van der Waals surface area (Å²) in [5.74, 6) is -0.380. The largest absolute Gasteiger partial charge is 0.350 e. The molecule has 2 heterocycles. The second-order valence-corrected chi connectivity index (χ2v) is 7.04. The van der Waals surface area contributed by atoms with Crippen LogP contribution >= 0.6 is 0 Å². The number of hydrogen-bond acceptors (Lipinski definition) is 5. The Kier molecular flexibility index (Phi) is 5.51. The lowest BCUT2D eigenvalue weighted by Gasteiger charge is -2.25. The first kappa shape index (κ1) is 19.0. The first-order valence-corrected chi connectivity index (χ1v) is 8.82. The van der Waals surface area contributed by atoms with Gasteiger partial charge in [-0.1, -0.05) is 31.1 Å². The summed E-state index contributed by atoms with van der Waals surface area (Å²) in [5, 5.41) is 7.68. The van der Waals surface area contributed by atoms with Gasteiger partial charge in [-0.2, -0.15) is 0 Å². The van der Waals surface area contributed by atoms with Gasteiger partial charge in [-0.3, -0.25) is 4.79 Å². The van der Waals surface area contributed by atoms with Crippen LogP contribution in [0.4, 0.5) is 4.39 Å². The van der Waals surface area contributed by atoms with Crippen molar-refractivity contribution in [3.8, 4) is 0 Å².